The summed E-state index contributed by atoms with van der Waals surface area (Å²) in [4.78, 5) is 14.2. The summed E-state index contributed by atoms with van der Waals surface area (Å²) in [7, 11) is 2.04. The first-order valence-corrected chi connectivity index (χ1v) is 6.81. The van der Waals surface area contributed by atoms with Crippen LogP contribution >= 0.6 is 15.9 Å². The van der Waals surface area contributed by atoms with E-state index >= 15 is 0 Å². The maximum absolute atomic E-state index is 13.6. The second-order valence-corrected chi connectivity index (χ2v) is 5.44. The number of rotatable bonds is 3. The van der Waals surface area contributed by atoms with Gasteiger partial charge in [0.2, 0.25) is 0 Å². The van der Waals surface area contributed by atoms with Gasteiger partial charge in [-0.05, 0) is 54.5 Å². The molecule has 1 atom stereocenters. The van der Waals surface area contributed by atoms with E-state index in [-0.39, 0.29) is 11.5 Å². The van der Waals surface area contributed by atoms with Crippen molar-refractivity contribution in [1.29, 1.82) is 0 Å². The van der Waals surface area contributed by atoms with Gasteiger partial charge < -0.3 is 10.2 Å². The summed E-state index contributed by atoms with van der Waals surface area (Å²) in [5.41, 5.74) is 0.0816. The Balaban J connectivity index is 1.99. The molecule has 0 radical (unpaired) electrons. The van der Waals surface area contributed by atoms with Crippen molar-refractivity contribution >= 4 is 21.8 Å². The zero-order chi connectivity index (χ0) is 13.1. The van der Waals surface area contributed by atoms with Gasteiger partial charge in [-0.2, -0.15) is 0 Å². The number of nitrogens with zero attached hydrogens (tertiary/aromatic N) is 1. The Morgan fingerprint density at radius 1 is 1.61 bits per heavy atom. The highest BCUT2D eigenvalue weighted by atomic mass is 79.9. The molecule has 0 spiro atoms. The molecule has 1 aromatic carbocycles. The van der Waals surface area contributed by atoms with Crippen molar-refractivity contribution in [2.24, 2.45) is 0 Å². The van der Waals surface area contributed by atoms with E-state index in [1.807, 2.05) is 7.05 Å². The fraction of sp³-hybridized carbons (Fsp3) is 0.462. The summed E-state index contributed by atoms with van der Waals surface area (Å²) in [6.07, 6.45) is 2.23. The number of carbonyl (C=O) groups excluding carboxylic acids is 1. The average molecular weight is 315 g/mol. The van der Waals surface area contributed by atoms with Gasteiger partial charge in [0.25, 0.3) is 5.91 Å². The van der Waals surface area contributed by atoms with Gasteiger partial charge in [-0.25, -0.2) is 4.39 Å². The highest BCUT2D eigenvalue weighted by molar-refractivity contribution is 9.10. The van der Waals surface area contributed by atoms with E-state index in [0.29, 0.717) is 17.1 Å². The Bertz CT molecular complexity index is 432. The molecule has 98 valence electrons. The van der Waals surface area contributed by atoms with Crippen molar-refractivity contribution in [3.63, 3.8) is 0 Å². The summed E-state index contributed by atoms with van der Waals surface area (Å²) in [5, 5.41) is 2.80. The van der Waals surface area contributed by atoms with E-state index in [1.165, 1.54) is 6.07 Å². The number of hydrogen-bond acceptors (Lipinski definition) is 2. The van der Waals surface area contributed by atoms with Crippen LogP contribution in [0.4, 0.5) is 4.39 Å². The molecule has 1 fully saturated rings. The van der Waals surface area contributed by atoms with Crippen LogP contribution in [0.15, 0.2) is 22.7 Å². The van der Waals surface area contributed by atoms with E-state index in [1.54, 1.807) is 12.1 Å². The van der Waals surface area contributed by atoms with Crippen molar-refractivity contribution in [3.05, 3.63) is 34.1 Å². The molecule has 0 bridgehead atoms. The second kappa shape index (κ2) is 5.80. The Kier molecular flexibility index (Phi) is 4.35. The van der Waals surface area contributed by atoms with Gasteiger partial charge in [0.1, 0.15) is 5.82 Å². The van der Waals surface area contributed by atoms with Gasteiger partial charge in [0.05, 0.1) is 5.56 Å². The maximum atomic E-state index is 13.6. The highest BCUT2D eigenvalue weighted by Gasteiger charge is 2.22. The van der Waals surface area contributed by atoms with Gasteiger partial charge in [-0.15, -0.1) is 0 Å². The van der Waals surface area contributed by atoms with Gasteiger partial charge in [0, 0.05) is 17.1 Å². The number of carbonyl (C=O) groups is 1. The molecule has 1 heterocycles. The number of hydrogen-bond donors (Lipinski definition) is 1. The first-order valence-electron chi connectivity index (χ1n) is 6.02. The van der Waals surface area contributed by atoms with Crippen LogP contribution in [0, 0.1) is 5.82 Å². The summed E-state index contributed by atoms with van der Waals surface area (Å²) in [5.74, 6) is -0.859. The summed E-state index contributed by atoms with van der Waals surface area (Å²) < 4.78 is 14.1. The smallest absolute Gasteiger partial charge is 0.255 e. The van der Waals surface area contributed by atoms with Gasteiger partial charge in [0.15, 0.2) is 0 Å². The lowest BCUT2D eigenvalue weighted by molar-refractivity contribution is 0.0939. The van der Waals surface area contributed by atoms with Crippen molar-refractivity contribution in [2.45, 2.75) is 18.9 Å². The van der Waals surface area contributed by atoms with Crippen LogP contribution in [0.25, 0.3) is 0 Å². The van der Waals surface area contributed by atoms with Crippen molar-refractivity contribution in [1.82, 2.24) is 10.2 Å². The topological polar surface area (TPSA) is 32.3 Å². The number of amides is 1. The Morgan fingerprint density at radius 2 is 2.39 bits per heavy atom. The van der Waals surface area contributed by atoms with Crippen LogP contribution in [0.2, 0.25) is 0 Å². The highest BCUT2D eigenvalue weighted by Crippen LogP contribution is 2.20. The standard InChI is InChI=1S/C13H16BrFN2O/c1-17-7-3-4-9(17)8-16-13(18)12-10(14)5-2-6-11(12)15/h2,5-6,9H,3-4,7-8H2,1H3,(H,16,18). The maximum Gasteiger partial charge on any atom is 0.255 e. The predicted octanol–water partition coefficient (Wildman–Crippen LogP) is 2.41. The van der Waals surface area contributed by atoms with Crippen LogP contribution < -0.4 is 5.32 Å². The van der Waals surface area contributed by atoms with Crippen molar-refractivity contribution in [2.75, 3.05) is 20.1 Å². The largest absolute Gasteiger partial charge is 0.350 e. The molecule has 0 aliphatic carbocycles. The number of halogens is 2. The quantitative estimate of drug-likeness (QED) is 0.929. The Labute approximate surface area is 114 Å². The van der Waals surface area contributed by atoms with Gasteiger partial charge >= 0.3 is 0 Å². The minimum Gasteiger partial charge on any atom is -0.350 e. The fourth-order valence-electron chi connectivity index (χ4n) is 2.25. The minimum absolute atomic E-state index is 0.0816. The third-order valence-electron chi connectivity index (χ3n) is 3.36. The van der Waals surface area contributed by atoms with E-state index in [4.69, 9.17) is 0 Å². The summed E-state index contributed by atoms with van der Waals surface area (Å²) >= 11 is 3.20. The molecule has 2 rings (SSSR count). The lowest BCUT2D eigenvalue weighted by Gasteiger charge is -2.19. The lowest BCUT2D eigenvalue weighted by atomic mass is 10.2. The Hall–Kier alpha value is -0.940. The molecule has 5 heteroatoms. The van der Waals surface area contributed by atoms with E-state index in [2.05, 4.69) is 26.1 Å². The number of likely N-dealkylation sites (N-methyl/N-ethyl adjacent to an activating group) is 1. The van der Waals surface area contributed by atoms with Gasteiger partial charge in [-0.3, -0.25) is 4.79 Å². The number of likely N-dealkylation sites (tertiary alicyclic amines) is 1. The van der Waals surface area contributed by atoms with Gasteiger partial charge in [-0.1, -0.05) is 6.07 Å². The summed E-state index contributed by atoms with van der Waals surface area (Å²) in [6, 6.07) is 4.89. The van der Waals surface area contributed by atoms with Crippen LogP contribution in [-0.2, 0) is 0 Å². The van der Waals surface area contributed by atoms with E-state index in [9.17, 15) is 9.18 Å². The third kappa shape index (κ3) is 2.90. The average Bonchev–Trinajstić information content (AvgIpc) is 2.72. The van der Waals surface area contributed by atoms with Crippen LogP contribution in [0.3, 0.4) is 0 Å². The Morgan fingerprint density at radius 3 is 3.00 bits per heavy atom. The second-order valence-electron chi connectivity index (χ2n) is 4.58. The third-order valence-corrected chi connectivity index (χ3v) is 4.02. The SMILES string of the molecule is CN1CCCC1CNC(=O)c1c(F)cccc1Br. The molecule has 1 saturated heterocycles. The lowest BCUT2D eigenvalue weighted by Crippen LogP contribution is -2.38. The molecule has 1 amide bonds. The van der Waals surface area contributed by atoms with Crippen molar-refractivity contribution in [3.8, 4) is 0 Å². The molecule has 3 nitrogen and oxygen atoms in total. The molecule has 1 aliphatic rings. The van der Waals surface area contributed by atoms with Crippen molar-refractivity contribution < 1.29 is 9.18 Å². The van der Waals surface area contributed by atoms with Crippen LogP contribution in [0.1, 0.15) is 23.2 Å². The van der Waals surface area contributed by atoms with E-state index in [0.717, 1.165) is 19.4 Å². The first kappa shape index (κ1) is 13.5. The zero-order valence-corrected chi connectivity index (χ0v) is 11.8. The van der Waals surface area contributed by atoms with Crippen LogP contribution in [0.5, 0.6) is 0 Å². The van der Waals surface area contributed by atoms with E-state index < -0.39 is 5.82 Å². The molecule has 1 aromatic rings. The molecular formula is C13H16BrFN2O. The summed E-state index contributed by atoms with van der Waals surface area (Å²) in [6.45, 7) is 1.63. The predicted molar refractivity (Wildman–Crippen MR) is 72.1 cm³/mol. The minimum atomic E-state index is -0.498. The molecule has 18 heavy (non-hydrogen) atoms. The molecule has 1 N–H and O–H groups in total. The molecular weight excluding hydrogens is 299 g/mol. The molecule has 1 aliphatic heterocycles. The fourth-order valence-corrected chi connectivity index (χ4v) is 2.77. The monoisotopic (exact) mass is 314 g/mol. The number of benzene rings is 1. The molecule has 0 saturated carbocycles. The number of nitrogens with one attached hydrogen (secondary N) is 1. The van der Waals surface area contributed by atoms with Crippen LogP contribution in [-0.4, -0.2) is 37.0 Å². The molecule has 0 aromatic heterocycles. The zero-order valence-electron chi connectivity index (χ0n) is 10.2. The normalized spacial score (nSPS) is 20.1. The molecule has 1 unspecified atom stereocenters. The first-order chi connectivity index (χ1) is 8.59.